The van der Waals surface area contributed by atoms with Gasteiger partial charge in [0.15, 0.2) is 0 Å². The van der Waals surface area contributed by atoms with Crippen molar-refractivity contribution in [1.29, 1.82) is 5.26 Å². The number of benzene rings is 2. The van der Waals surface area contributed by atoms with Gasteiger partial charge >= 0.3 is 0 Å². The van der Waals surface area contributed by atoms with Crippen molar-refractivity contribution in [3.8, 4) is 17.2 Å². The SMILES string of the molecule is N#Cc1ccc(N)c(-c2ccccc2)c1N. The van der Waals surface area contributed by atoms with Gasteiger partial charge in [0.1, 0.15) is 6.07 Å². The van der Waals surface area contributed by atoms with Crippen molar-refractivity contribution in [2.45, 2.75) is 0 Å². The van der Waals surface area contributed by atoms with Crippen LogP contribution in [-0.2, 0) is 0 Å². The molecule has 0 radical (unpaired) electrons. The summed E-state index contributed by atoms with van der Waals surface area (Å²) in [7, 11) is 0. The van der Waals surface area contributed by atoms with Crippen molar-refractivity contribution in [2.75, 3.05) is 11.5 Å². The van der Waals surface area contributed by atoms with Crippen molar-refractivity contribution in [2.24, 2.45) is 0 Å². The molecule has 78 valence electrons. The lowest BCUT2D eigenvalue weighted by Gasteiger charge is -2.10. The molecule has 0 bridgehead atoms. The number of rotatable bonds is 1. The molecule has 0 aliphatic heterocycles. The molecule has 0 saturated carbocycles. The zero-order chi connectivity index (χ0) is 11.5. The molecule has 0 atom stereocenters. The predicted octanol–water partition coefficient (Wildman–Crippen LogP) is 2.39. The van der Waals surface area contributed by atoms with E-state index in [1.807, 2.05) is 30.3 Å². The van der Waals surface area contributed by atoms with Crippen LogP contribution >= 0.6 is 0 Å². The summed E-state index contributed by atoms with van der Waals surface area (Å²) in [5, 5.41) is 8.91. The standard InChI is InChI=1S/C13H11N3/c14-8-10-6-7-11(15)12(13(10)16)9-4-2-1-3-5-9/h1-7H,15-16H2. The maximum absolute atomic E-state index is 8.91. The van der Waals surface area contributed by atoms with Crippen molar-refractivity contribution >= 4 is 11.4 Å². The lowest BCUT2D eigenvalue weighted by molar-refractivity contribution is 1.48. The number of anilines is 2. The highest BCUT2D eigenvalue weighted by molar-refractivity contribution is 5.89. The Balaban J connectivity index is 2.70. The van der Waals surface area contributed by atoms with E-state index in [2.05, 4.69) is 6.07 Å². The van der Waals surface area contributed by atoms with Crippen LogP contribution in [0, 0.1) is 11.3 Å². The Morgan fingerprint density at radius 1 is 0.938 bits per heavy atom. The molecule has 3 nitrogen and oxygen atoms in total. The van der Waals surface area contributed by atoms with Crippen LogP contribution in [0.5, 0.6) is 0 Å². The third-order valence-corrected chi connectivity index (χ3v) is 2.46. The molecule has 2 aromatic rings. The van der Waals surface area contributed by atoms with Crippen LogP contribution < -0.4 is 11.5 Å². The monoisotopic (exact) mass is 209 g/mol. The molecule has 4 N–H and O–H groups in total. The highest BCUT2D eigenvalue weighted by Crippen LogP contribution is 2.33. The molecule has 0 amide bonds. The van der Waals surface area contributed by atoms with Gasteiger partial charge < -0.3 is 11.5 Å². The van der Waals surface area contributed by atoms with Gasteiger partial charge in [0.05, 0.1) is 11.3 Å². The first-order valence-electron chi connectivity index (χ1n) is 4.87. The van der Waals surface area contributed by atoms with Crippen molar-refractivity contribution in [3.63, 3.8) is 0 Å². The molecule has 16 heavy (non-hydrogen) atoms. The maximum atomic E-state index is 8.91. The Hall–Kier alpha value is -2.47. The molecule has 0 unspecified atom stereocenters. The van der Waals surface area contributed by atoms with Crippen LogP contribution in [0.2, 0.25) is 0 Å². The molecule has 0 aliphatic rings. The van der Waals surface area contributed by atoms with Gasteiger partial charge in [0, 0.05) is 11.3 Å². The summed E-state index contributed by atoms with van der Waals surface area (Å²) in [4.78, 5) is 0. The summed E-state index contributed by atoms with van der Waals surface area (Å²) >= 11 is 0. The van der Waals surface area contributed by atoms with Gasteiger partial charge in [-0.25, -0.2) is 0 Å². The van der Waals surface area contributed by atoms with Crippen molar-refractivity contribution < 1.29 is 0 Å². The average molecular weight is 209 g/mol. The largest absolute Gasteiger partial charge is 0.398 e. The van der Waals surface area contributed by atoms with Crippen LogP contribution in [-0.4, -0.2) is 0 Å². The van der Waals surface area contributed by atoms with Crippen LogP contribution in [0.25, 0.3) is 11.1 Å². The smallest absolute Gasteiger partial charge is 0.101 e. The predicted molar refractivity (Wildman–Crippen MR) is 65.4 cm³/mol. The second-order valence-corrected chi connectivity index (χ2v) is 3.47. The van der Waals surface area contributed by atoms with Crippen LogP contribution in [0.1, 0.15) is 5.56 Å². The Morgan fingerprint density at radius 2 is 1.62 bits per heavy atom. The summed E-state index contributed by atoms with van der Waals surface area (Å²) in [6.07, 6.45) is 0. The van der Waals surface area contributed by atoms with Crippen LogP contribution in [0.15, 0.2) is 42.5 Å². The first kappa shape index (κ1) is 10.1. The first-order valence-corrected chi connectivity index (χ1v) is 4.87. The second kappa shape index (κ2) is 3.95. The number of nitrogens with two attached hydrogens (primary N) is 2. The van der Waals surface area contributed by atoms with E-state index in [9.17, 15) is 0 Å². The molecule has 0 heterocycles. The average Bonchev–Trinajstić information content (AvgIpc) is 2.31. The molecular formula is C13H11N3. The van der Waals surface area contributed by atoms with E-state index in [0.29, 0.717) is 16.9 Å². The van der Waals surface area contributed by atoms with E-state index >= 15 is 0 Å². The molecule has 3 heteroatoms. The van der Waals surface area contributed by atoms with Crippen LogP contribution in [0.3, 0.4) is 0 Å². The summed E-state index contributed by atoms with van der Waals surface area (Å²) < 4.78 is 0. The topological polar surface area (TPSA) is 75.8 Å². The number of nitriles is 1. The van der Waals surface area contributed by atoms with Gasteiger partial charge in [-0.05, 0) is 17.7 Å². The van der Waals surface area contributed by atoms with E-state index in [1.165, 1.54) is 0 Å². The number of nitrogens with zero attached hydrogens (tertiary/aromatic N) is 1. The third-order valence-electron chi connectivity index (χ3n) is 2.46. The maximum Gasteiger partial charge on any atom is 0.101 e. The fraction of sp³-hybridized carbons (Fsp3) is 0. The van der Waals surface area contributed by atoms with E-state index in [0.717, 1.165) is 11.1 Å². The molecule has 0 spiro atoms. The summed E-state index contributed by atoms with van der Waals surface area (Å²) in [6, 6.07) is 15.0. The Bertz CT molecular complexity index is 553. The Labute approximate surface area is 93.9 Å². The van der Waals surface area contributed by atoms with E-state index in [4.69, 9.17) is 16.7 Å². The molecule has 0 aromatic heterocycles. The first-order chi connectivity index (χ1) is 7.74. The minimum absolute atomic E-state index is 0.439. The number of hydrogen-bond donors (Lipinski definition) is 2. The minimum atomic E-state index is 0.439. The van der Waals surface area contributed by atoms with Gasteiger partial charge in [-0.1, -0.05) is 30.3 Å². The van der Waals surface area contributed by atoms with Gasteiger partial charge in [-0.3, -0.25) is 0 Å². The van der Waals surface area contributed by atoms with Gasteiger partial charge in [-0.15, -0.1) is 0 Å². The van der Waals surface area contributed by atoms with Gasteiger partial charge in [0.25, 0.3) is 0 Å². The highest BCUT2D eigenvalue weighted by Gasteiger charge is 2.10. The van der Waals surface area contributed by atoms with E-state index < -0.39 is 0 Å². The number of nitrogen functional groups attached to an aromatic ring is 2. The quantitative estimate of drug-likeness (QED) is 0.708. The minimum Gasteiger partial charge on any atom is -0.398 e. The second-order valence-electron chi connectivity index (χ2n) is 3.47. The highest BCUT2D eigenvalue weighted by atomic mass is 14.6. The van der Waals surface area contributed by atoms with Gasteiger partial charge in [-0.2, -0.15) is 5.26 Å². The number of hydrogen-bond acceptors (Lipinski definition) is 3. The zero-order valence-corrected chi connectivity index (χ0v) is 8.64. The van der Waals surface area contributed by atoms with Crippen molar-refractivity contribution in [1.82, 2.24) is 0 Å². The molecule has 2 aromatic carbocycles. The molecule has 0 aliphatic carbocycles. The lowest BCUT2D eigenvalue weighted by atomic mass is 9.99. The molecule has 0 fully saturated rings. The zero-order valence-electron chi connectivity index (χ0n) is 8.64. The fourth-order valence-corrected chi connectivity index (χ4v) is 1.66. The summed E-state index contributed by atoms with van der Waals surface area (Å²) in [5.41, 5.74) is 14.9. The molecular weight excluding hydrogens is 198 g/mol. The molecule has 2 rings (SSSR count). The lowest BCUT2D eigenvalue weighted by Crippen LogP contribution is -1.99. The van der Waals surface area contributed by atoms with E-state index in [1.54, 1.807) is 12.1 Å². The van der Waals surface area contributed by atoms with Crippen LogP contribution in [0.4, 0.5) is 11.4 Å². The third kappa shape index (κ3) is 1.57. The fourth-order valence-electron chi connectivity index (χ4n) is 1.66. The van der Waals surface area contributed by atoms with Crippen molar-refractivity contribution in [3.05, 3.63) is 48.0 Å². The normalized spacial score (nSPS) is 9.69. The Morgan fingerprint density at radius 3 is 2.25 bits per heavy atom. The Kier molecular flexibility index (Phi) is 2.49. The van der Waals surface area contributed by atoms with Gasteiger partial charge in [0.2, 0.25) is 0 Å². The molecule has 0 saturated heterocycles. The van der Waals surface area contributed by atoms with E-state index in [-0.39, 0.29) is 0 Å². The summed E-state index contributed by atoms with van der Waals surface area (Å²) in [6.45, 7) is 0. The summed E-state index contributed by atoms with van der Waals surface area (Å²) in [5.74, 6) is 0.